The molecule has 1 aliphatic carbocycles. The molecule has 0 radical (unpaired) electrons. The number of furan rings is 1. The lowest BCUT2D eigenvalue weighted by atomic mass is 9.86. The summed E-state index contributed by atoms with van der Waals surface area (Å²) in [4.78, 5) is 11.9. The van der Waals surface area contributed by atoms with Crippen LogP contribution in [0.4, 0.5) is 0 Å². The van der Waals surface area contributed by atoms with E-state index in [1.165, 1.54) is 32.1 Å². The lowest BCUT2D eigenvalue weighted by Crippen LogP contribution is -2.30. The van der Waals surface area contributed by atoms with Crippen LogP contribution in [0.15, 0.2) is 22.8 Å². The van der Waals surface area contributed by atoms with E-state index >= 15 is 0 Å². The van der Waals surface area contributed by atoms with E-state index in [0.29, 0.717) is 12.2 Å². The Kier molecular flexibility index (Phi) is 6.12. The Labute approximate surface area is 120 Å². The van der Waals surface area contributed by atoms with Gasteiger partial charge in [-0.3, -0.25) is 4.79 Å². The van der Waals surface area contributed by atoms with Gasteiger partial charge in [-0.15, -0.1) is 0 Å². The predicted octanol–water partition coefficient (Wildman–Crippen LogP) is 3.18. The molecule has 112 valence electrons. The molecule has 0 saturated heterocycles. The minimum atomic E-state index is -0.424. The third kappa shape index (κ3) is 4.67. The summed E-state index contributed by atoms with van der Waals surface area (Å²) in [7, 11) is 0. The lowest BCUT2D eigenvalue weighted by Gasteiger charge is -2.21. The van der Waals surface area contributed by atoms with E-state index < -0.39 is 6.04 Å². The first-order valence-corrected chi connectivity index (χ1v) is 7.73. The zero-order valence-corrected chi connectivity index (χ0v) is 12.0. The monoisotopic (exact) mass is 279 g/mol. The molecule has 0 spiro atoms. The fourth-order valence-electron chi connectivity index (χ4n) is 2.99. The molecule has 1 atom stereocenters. The van der Waals surface area contributed by atoms with E-state index in [4.69, 9.17) is 4.42 Å². The molecule has 0 aliphatic heterocycles. The highest BCUT2D eigenvalue weighted by Crippen LogP contribution is 2.27. The van der Waals surface area contributed by atoms with Crippen LogP contribution in [0.3, 0.4) is 0 Å². The highest BCUT2D eigenvalue weighted by atomic mass is 16.3. The summed E-state index contributed by atoms with van der Waals surface area (Å²) in [6.07, 6.45) is 10.9. The quantitative estimate of drug-likeness (QED) is 0.805. The molecule has 2 N–H and O–H groups in total. The van der Waals surface area contributed by atoms with Crippen LogP contribution in [-0.4, -0.2) is 17.6 Å². The fraction of sp³-hybridized carbons (Fsp3) is 0.688. The Morgan fingerprint density at radius 2 is 2.20 bits per heavy atom. The van der Waals surface area contributed by atoms with Crippen LogP contribution in [-0.2, 0) is 4.79 Å². The smallest absolute Gasteiger partial charge is 0.220 e. The third-order valence-corrected chi connectivity index (χ3v) is 4.15. The second-order valence-corrected chi connectivity index (χ2v) is 5.71. The average Bonchev–Trinajstić information content (AvgIpc) is 3.00. The third-order valence-electron chi connectivity index (χ3n) is 4.15. The van der Waals surface area contributed by atoms with Gasteiger partial charge in [0.2, 0.25) is 5.91 Å². The maximum atomic E-state index is 11.9. The topological polar surface area (TPSA) is 62.5 Å². The Hall–Kier alpha value is -1.29. The SMILES string of the molecule is O=C(CCCC1CCCCC1)NC(CO)c1ccco1. The molecule has 4 heteroatoms. The first-order chi connectivity index (χ1) is 9.79. The number of rotatable bonds is 7. The van der Waals surface area contributed by atoms with Crippen LogP contribution in [0.1, 0.15) is 63.2 Å². The van der Waals surface area contributed by atoms with Gasteiger partial charge in [-0.25, -0.2) is 0 Å². The number of carbonyl (C=O) groups is 1. The van der Waals surface area contributed by atoms with Crippen molar-refractivity contribution in [2.24, 2.45) is 5.92 Å². The Morgan fingerprint density at radius 3 is 2.85 bits per heavy atom. The van der Waals surface area contributed by atoms with E-state index in [1.54, 1.807) is 18.4 Å². The van der Waals surface area contributed by atoms with Gasteiger partial charge in [0.25, 0.3) is 0 Å². The van der Waals surface area contributed by atoms with Crippen LogP contribution in [0.2, 0.25) is 0 Å². The number of carbonyl (C=O) groups excluding carboxylic acids is 1. The van der Waals surface area contributed by atoms with Crippen molar-refractivity contribution in [2.75, 3.05) is 6.61 Å². The van der Waals surface area contributed by atoms with Crippen molar-refractivity contribution in [3.8, 4) is 0 Å². The standard InChI is InChI=1S/C16H25NO3/c18-12-14(15-9-5-11-20-15)17-16(19)10-4-8-13-6-2-1-3-7-13/h5,9,11,13-14,18H,1-4,6-8,10,12H2,(H,17,19). The van der Waals surface area contributed by atoms with Crippen LogP contribution >= 0.6 is 0 Å². The second-order valence-electron chi connectivity index (χ2n) is 5.71. The summed E-state index contributed by atoms with van der Waals surface area (Å²) in [5.74, 6) is 1.42. The van der Waals surface area contributed by atoms with Crippen LogP contribution in [0, 0.1) is 5.92 Å². The van der Waals surface area contributed by atoms with Gasteiger partial charge >= 0.3 is 0 Å². The van der Waals surface area contributed by atoms with Crippen molar-refractivity contribution >= 4 is 5.91 Å². The number of aliphatic hydroxyl groups excluding tert-OH is 1. The number of amides is 1. The summed E-state index contributed by atoms with van der Waals surface area (Å²) in [6, 6.07) is 3.10. The predicted molar refractivity (Wildman–Crippen MR) is 77.1 cm³/mol. The van der Waals surface area contributed by atoms with Gasteiger partial charge in [-0.05, 0) is 30.9 Å². The fourth-order valence-corrected chi connectivity index (χ4v) is 2.99. The number of hydrogen-bond acceptors (Lipinski definition) is 3. The van der Waals surface area contributed by atoms with E-state index in [1.807, 2.05) is 0 Å². The van der Waals surface area contributed by atoms with Gasteiger partial charge in [0, 0.05) is 6.42 Å². The van der Waals surface area contributed by atoms with E-state index in [-0.39, 0.29) is 12.5 Å². The first-order valence-electron chi connectivity index (χ1n) is 7.73. The number of aliphatic hydroxyl groups is 1. The highest BCUT2D eigenvalue weighted by molar-refractivity contribution is 5.76. The maximum Gasteiger partial charge on any atom is 0.220 e. The summed E-state index contributed by atoms with van der Waals surface area (Å²) >= 11 is 0. The van der Waals surface area contributed by atoms with E-state index in [0.717, 1.165) is 18.8 Å². The van der Waals surface area contributed by atoms with Crippen molar-refractivity contribution < 1.29 is 14.3 Å². The molecule has 1 saturated carbocycles. The molecule has 4 nitrogen and oxygen atoms in total. The van der Waals surface area contributed by atoms with Gasteiger partial charge < -0.3 is 14.8 Å². The first kappa shape index (κ1) is 15.1. The number of hydrogen-bond donors (Lipinski definition) is 2. The van der Waals surface area contributed by atoms with E-state index in [9.17, 15) is 9.90 Å². The largest absolute Gasteiger partial charge is 0.467 e. The summed E-state index contributed by atoms with van der Waals surface area (Å²) < 4.78 is 5.21. The summed E-state index contributed by atoms with van der Waals surface area (Å²) in [5.41, 5.74) is 0. The van der Waals surface area contributed by atoms with Crippen LogP contribution in [0.25, 0.3) is 0 Å². The Morgan fingerprint density at radius 1 is 1.40 bits per heavy atom. The van der Waals surface area contributed by atoms with Crippen molar-refractivity contribution in [3.05, 3.63) is 24.2 Å². The van der Waals surface area contributed by atoms with Crippen molar-refractivity contribution in [1.82, 2.24) is 5.32 Å². The maximum absolute atomic E-state index is 11.9. The van der Waals surface area contributed by atoms with Crippen LogP contribution in [0.5, 0.6) is 0 Å². The lowest BCUT2D eigenvalue weighted by molar-refractivity contribution is -0.122. The van der Waals surface area contributed by atoms with Gasteiger partial charge in [0.05, 0.1) is 12.9 Å². The summed E-state index contributed by atoms with van der Waals surface area (Å²) in [6.45, 7) is -0.137. The molecule has 1 aromatic rings. The zero-order valence-electron chi connectivity index (χ0n) is 12.0. The summed E-state index contributed by atoms with van der Waals surface area (Å²) in [5, 5.41) is 12.1. The molecule has 1 amide bonds. The molecule has 1 fully saturated rings. The van der Waals surface area contributed by atoms with Crippen molar-refractivity contribution in [2.45, 2.75) is 57.4 Å². The van der Waals surface area contributed by atoms with Crippen LogP contribution < -0.4 is 5.32 Å². The van der Waals surface area contributed by atoms with E-state index in [2.05, 4.69) is 5.32 Å². The molecule has 0 aromatic carbocycles. The van der Waals surface area contributed by atoms with Gasteiger partial charge in [0.15, 0.2) is 0 Å². The van der Waals surface area contributed by atoms with Gasteiger partial charge in [-0.2, -0.15) is 0 Å². The molecule has 1 aromatic heterocycles. The molecule has 1 unspecified atom stereocenters. The normalized spacial score (nSPS) is 17.9. The molecule has 2 rings (SSSR count). The average molecular weight is 279 g/mol. The second kappa shape index (κ2) is 8.10. The molecular formula is C16H25NO3. The number of nitrogens with one attached hydrogen (secondary N) is 1. The molecule has 1 heterocycles. The molecule has 20 heavy (non-hydrogen) atoms. The minimum absolute atomic E-state index is 0.00346. The minimum Gasteiger partial charge on any atom is -0.467 e. The Balaban J connectivity index is 1.66. The highest BCUT2D eigenvalue weighted by Gasteiger charge is 2.17. The van der Waals surface area contributed by atoms with Gasteiger partial charge in [0.1, 0.15) is 11.8 Å². The Bertz CT molecular complexity index is 382. The zero-order chi connectivity index (χ0) is 14.2. The molecule has 1 aliphatic rings. The molecule has 0 bridgehead atoms. The van der Waals surface area contributed by atoms with Gasteiger partial charge in [-0.1, -0.05) is 32.1 Å². The van der Waals surface area contributed by atoms with Crippen molar-refractivity contribution in [1.29, 1.82) is 0 Å². The molecular weight excluding hydrogens is 254 g/mol. The van der Waals surface area contributed by atoms with Crippen molar-refractivity contribution in [3.63, 3.8) is 0 Å².